The minimum atomic E-state index is -0.304. The van der Waals surface area contributed by atoms with Gasteiger partial charge in [-0.1, -0.05) is 18.2 Å². The van der Waals surface area contributed by atoms with Crippen molar-refractivity contribution in [2.24, 2.45) is 0 Å². The SMILES string of the molecule is Cc1cc(C(=O)NCc2ccncc2)nc(NCc2ccccc2F)n1. The fraction of sp³-hybridized carbons (Fsp3) is 0.158. The van der Waals surface area contributed by atoms with Crippen LogP contribution in [0.1, 0.15) is 27.3 Å². The van der Waals surface area contributed by atoms with Crippen molar-refractivity contribution in [3.63, 3.8) is 0 Å². The van der Waals surface area contributed by atoms with Crippen LogP contribution >= 0.6 is 0 Å². The van der Waals surface area contributed by atoms with Crippen LogP contribution in [0.5, 0.6) is 0 Å². The van der Waals surface area contributed by atoms with Gasteiger partial charge in [-0.2, -0.15) is 0 Å². The summed E-state index contributed by atoms with van der Waals surface area (Å²) in [7, 11) is 0. The average Bonchev–Trinajstić information content (AvgIpc) is 2.66. The molecule has 0 aliphatic rings. The number of benzene rings is 1. The number of nitrogens with one attached hydrogen (secondary N) is 2. The first kappa shape index (κ1) is 17.5. The van der Waals surface area contributed by atoms with E-state index in [-0.39, 0.29) is 29.9 Å². The highest BCUT2D eigenvalue weighted by Gasteiger charge is 2.11. The van der Waals surface area contributed by atoms with Crippen molar-refractivity contribution in [1.82, 2.24) is 20.3 Å². The second-order valence-electron chi connectivity index (χ2n) is 5.70. The van der Waals surface area contributed by atoms with E-state index in [1.165, 1.54) is 6.07 Å². The van der Waals surface area contributed by atoms with Gasteiger partial charge in [0.1, 0.15) is 11.5 Å². The molecule has 0 aliphatic heterocycles. The van der Waals surface area contributed by atoms with E-state index in [0.29, 0.717) is 17.8 Å². The Morgan fingerprint density at radius 2 is 1.85 bits per heavy atom. The molecule has 3 rings (SSSR count). The Labute approximate surface area is 150 Å². The summed E-state index contributed by atoms with van der Waals surface area (Å²) in [5.74, 6) is -0.327. The van der Waals surface area contributed by atoms with Crippen LogP contribution in [-0.4, -0.2) is 20.9 Å². The summed E-state index contributed by atoms with van der Waals surface area (Å²) in [6.45, 7) is 2.38. The van der Waals surface area contributed by atoms with E-state index < -0.39 is 0 Å². The number of aryl methyl sites for hydroxylation is 1. The maximum Gasteiger partial charge on any atom is 0.270 e. The highest BCUT2D eigenvalue weighted by Crippen LogP contribution is 2.10. The molecule has 0 saturated heterocycles. The van der Waals surface area contributed by atoms with Crippen LogP contribution in [0.2, 0.25) is 0 Å². The van der Waals surface area contributed by atoms with Crippen molar-refractivity contribution in [2.45, 2.75) is 20.0 Å². The molecule has 2 aromatic heterocycles. The molecule has 0 fully saturated rings. The molecule has 0 saturated carbocycles. The van der Waals surface area contributed by atoms with Gasteiger partial charge < -0.3 is 10.6 Å². The fourth-order valence-corrected chi connectivity index (χ4v) is 2.35. The van der Waals surface area contributed by atoms with Gasteiger partial charge in [0, 0.05) is 36.7 Å². The predicted octanol–water partition coefficient (Wildman–Crippen LogP) is 2.86. The van der Waals surface area contributed by atoms with E-state index in [9.17, 15) is 9.18 Å². The number of pyridine rings is 1. The van der Waals surface area contributed by atoms with Gasteiger partial charge in [0.25, 0.3) is 5.91 Å². The van der Waals surface area contributed by atoms with Gasteiger partial charge in [-0.25, -0.2) is 14.4 Å². The second-order valence-corrected chi connectivity index (χ2v) is 5.70. The lowest BCUT2D eigenvalue weighted by Crippen LogP contribution is -2.24. The monoisotopic (exact) mass is 351 g/mol. The highest BCUT2D eigenvalue weighted by molar-refractivity contribution is 5.92. The zero-order valence-corrected chi connectivity index (χ0v) is 14.2. The van der Waals surface area contributed by atoms with Crippen LogP contribution in [0.25, 0.3) is 0 Å². The molecule has 2 heterocycles. The first-order chi connectivity index (χ1) is 12.6. The van der Waals surface area contributed by atoms with E-state index in [4.69, 9.17) is 0 Å². The van der Waals surface area contributed by atoms with Gasteiger partial charge in [-0.3, -0.25) is 9.78 Å². The topological polar surface area (TPSA) is 79.8 Å². The van der Waals surface area contributed by atoms with E-state index in [1.54, 1.807) is 43.6 Å². The van der Waals surface area contributed by atoms with Gasteiger partial charge in [0.15, 0.2) is 0 Å². The summed E-state index contributed by atoms with van der Waals surface area (Å²) < 4.78 is 13.7. The number of amides is 1. The van der Waals surface area contributed by atoms with E-state index >= 15 is 0 Å². The normalized spacial score (nSPS) is 10.4. The van der Waals surface area contributed by atoms with Gasteiger partial charge in [-0.15, -0.1) is 0 Å². The first-order valence-corrected chi connectivity index (χ1v) is 8.12. The molecule has 6 nitrogen and oxygen atoms in total. The lowest BCUT2D eigenvalue weighted by atomic mass is 10.2. The fourth-order valence-electron chi connectivity index (χ4n) is 2.35. The third-order valence-corrected chi connectivity index (χ3v) is 3.68. The van der Waals surface area contributed by atoms with Crippen molar-refractivity contribution >= 4 is 11.9 Å². The summed E-state index contributed by atoms with van der Waals surface area (Å²) in [6.07, 6.45) is 3.34. The van der Waals surface area contributed by atoms with Crippen LogP contribution in [0.15, 0.2) is 54.9 Å². The Bertz CT molecular complexity index is 901. The Balaban J connectivity index is 1.67. The summed E-state index contributed by atoms with van der Waals surface area (Å²) in [6, 6.07) is 11.7. The Hall–Kier alpha value is -3.35. The van der Waals surface area contributed by atoms with Crippen LogP contribution in [0, 0.1) is 12.7 Å². The van der Waals surface area contributed by atoms with Crippen molar-refractivity contribution in [3.8, 4) is 0 Å². The van der Waals surface area contributed by atoms with Crippen molar-refractivity contribution in [3.05, 3.63) is 83.2 Å². The maximum atomic E-state index is 13.7. The number of carbonyl (C=O) groups excluding carboxylic acids is 1. The number of aromatic nitrogens is 3. The maximum absolute atomic E-state index is 13.7. The van der Waals surface area contributed by atoms with Crippen LogP contribution in [-0.2, 0) is 13.1 Å². The number of rotatable bonds is 6. The number of halogens is 1. The molecule has 26 heavy (non-hydrogen) atoms. The molecule has 0 radical (unpaired) electrons. The Kier molecular flexibility index (Phi) is 5.48. The summed E-state index contributed by atoms with van der Waals surface area (Å²) in [5.41, 5.74) is 2.34. The molecule has 0 unspecified atom stereocenters. The second kappa shape index (κ2) is 8.15. The van der Waals surface area contributed by atoms with Crippen LogP contribution < -0.4 is 10.6 Å². The molecular formula is C19H18FN5O. The third-order valence-electron chi connectivity index (χ3n) is 3.68. The quantitative estimate of drug-likeness (QED) is 0.714. The average molecular weight is 351 g/mol. The Morgan fingerprint density at radius 1 is 1.08 bits per heavy atom. The molecule has 0 atom stereocenters. The molecule has 0 aliphatic carbocycles. The summed E-state index contributed by atoms with van der Waals surface area (Å²) in [4.78, 5) is 24.8. The van der Waals surface area contributed by atoms with Crippen molar-refractivity contribution in [2.75, 3.05) is 5.32 Å². The van der Waals surface area contributed by atoms with E-state index in [0.717, 1.165) is 5.56 Å². The molecule has 0 spiro atoms. The number of carbonyl (C=O) groups is 1. The number of anilines is 1. The zero-order valence-electron chi connectivity index (χ0n) is 14.2. The van der Waals surface area contributed by atoms with Gasteiger partial charge in [0.2, 0.25) is 5.95 Å². The third kappa shape index (κ3) is 4.60. The zero-order chi connectivity index (χ0) is 18.4. The minimum Gasteiger partial charge on any atom is -0.350 e. The number of hydrogen-bond donors (Lipinski definition) is 2. The molecule has 132 valence electrons. The Morgan fingerprint density at radius 3 is 2.62 bits per heavy atom. The van der Waals surface area contributed by atoms with Gasteiger partial charge in [-0.05, 0) is 36.8 Å². The summed E-state index contributed by atoms with van der Waals surface area (Å²) in [5, 5.41) is 5.77. The smallest absolute Gasteiger partial charge is 0.270 e. The molecule has 1 aromatic carbocycles. The minimum absolute atomic E-state index is 0.230. The standard InChI is InChI=1S/C19H18FN5O/c1-13-10-17(18(26)22-11-14-6-8-21-9-7-14)25-19(24-13)23-12-15-4-2-3-5-16(15)20/h2-10H,11-12H2,1H3,(H,22,26)(H,23,24,25). The van der Waals surface area contributed by atoms with Crippen LogP contribution in [0.4, 0.5) is 10.3 Å². The molecule has 2 N–H and O–H groups in total. The molecular weight excluding hydrogens is 333 g/mol. The number of nitrogens with zero attached hydrogens (tertiary/aromatic N) is 3. The molecule has 0 bridgehead atoms. The largest absolute Gasteiger partial charge is 0.350 e. The van der Waals surface area contributed by atoms with Gasteiger partial charge in [0.05, 0.1) is 0 Å². The van der Waals surface area contributed by atoms with E-state index in [2.05, 4.69) is 25.6 Å². The van der Waals surface area contributed by atoms with E-state index in [1.807, 2.05) is 12.1 Å². The van der Waals surface area contributed by atoms with Crippen molar-refractivity contribution in [1.29, 1.82) is 0 Å². The lowest BCUT2D eigenvalue weighted by molar-refractivity contribution is 0.0945. The highest BCUT2D eigenvalue weighted by atomic mass is 19.1. The predicted molar refractivity (Wildman–Crippen MR) is 95.9 cm³/mol. The number of hydrogen-bond acceptors (Lipinski definition) is 5. The molecule has 1 amide bonds. The molecule has 3 aromatic rings. The van der Waals surface area contributed by atoms with Crippen molar-refractivity contribution < 1.29 is 9.18 Å². The molecule has 7 heteroatoms. The van der Waals surface area contributed by atoms with Crippen LogP contribution in [0.3, 0.4) is 0 Å². The van der Waals surface area contributed by atoms with Gasteiger partial charge >= 0.3 is 0 Å². The first-order valence-electron chi connectivity index (χ1n) is 8.12. The lowest BCUT2D eigenvalue weighted by Gasteiger charge is -2.09. The summed E-state index contributed by atoms with van der Waals surface area (Å²) >= 11 is 0.